The van der Waals surface area contributed by atoms with Gasteiger partial charge in [-0.1, -0.05) is 0 Å². The number of rotatable bonds is 6. The fraction of sp³-hybridized carbons (Fsp3) is 0.400. The quantitative estimate of drug-likeness (QED) is 0.336. The van der Waals surface area contributed by atoms with E-state index in [1.54, 1.807) is 13.8 Å². The Balaban J connectivity index is 4.59. The molecular weight excluding hydrogens is 463 g/mol. The summed E-state index contributed by atoms with van der Waals surface area (Å²) in [6, 6.07) is 0. The molecule has 0 unspecified atom stereocenters. The summed E-state index contributed by atoms with van der Waals surface area (Å²) in [6.07, 6.45) is 2.75. The summed E-state index contributed by atoms with van der Waals surface area (Å²) in [4.78, 5) is 21.7. The third-order valence-corrected chi connectivity index (χ3v) is 8.91. The second kappa shape index (κ2) is 7.58. The molecule has 0 bridgehead atoms. The molecule has 0 fully saturated rings. The van der Waals surface area contributed by atoms with Crippen molar-refractivity contribution in [3.8, 4) is 0 Å². The number of allylic oxidation sites excluding steroid dienone is 4. The van der Waals surface area contributed by atoms with E-state index in [-0.39, 0.29) is 11.6 Å². The van der Waals surface area contributed by atoms with Gasteiger partial charge in [0, 0.05) is 0 Å². The van der Waals surface area contributed by atoms with E-state index in [0.717, 1.165) is 0 Å². The van der Waals surface area contributed by atoms with Gasteiger partial charge in [0.1, 0.15) is 0 Å². The van der Waals surface area contributed by atoms with Crippen molar-refractivity contribution in [2.45, 2.75) is 27.7 Å². The van der Waals surface area contributed by atoms with Crippen molar-refractivity contribution in [2.24, 2.45) is 0 Å². The van der Waals surface area contributed by atoms with E-state index in [0.29, 0.717) is 11.5 Å². The Morgan fingerprint density at radius 3 is 1.41 bits per heavy atom. The standard InChI is InChI=1S/2C5H8O2.2BrH.Sn/c2*1-4(6)3-5(2)7;;;/h2*3,6H,1-2H3;2*1H;/q;;;;+4/p-4/b4-3+;;;;. The van der Waals surface area contributed by atoms with E-state index in [4.69, 9.17) is 6.15 Å². The van der Waals surface area contributed by atoms with Crippen LogP contribution < -0.4 is 0 Å². The van der Waals surface area contributed by atoms with Crippen LogP contribution in [0.1, 0.15) is 27.7 Å². The molecule has 0 radical (unpaired) electrons. The molecule has 0 saturated heterocycles. The molecule has 0 amide bonds. The zero-order valence-corrected chi connectivity index (χ0v) is 16.1. The Kier molecular flexibility index (Phi) is 7.66. The predicted octanol–water partition coefficient (Wildman–Crippen LogP) is 3.23. The van der Waals surface area contributed by atoms with Gasteiger partial charge >= 0.3 is 119 Å². The van der Waals surface area contributed by atoms with Crippen LogP contribution in [0.15, 0.2) is 23.7 Å². The Morgan fingerprint density at radius 1 is 0.882 bits per heavy atom. The molecule has 0 aromatic rings. The first-order valence-corrected chi connectivity index (χ1v) is 19.9. The summed E-state index contributed by atoms with van der Waals surface area (Å²) >= 11 is 3.15. The van der Waals surface area contributed by atoms with Crippen LogP contribution in [0.4, 0.5) is 0 Å². The van der Waals surface area contributed by atoms with Crippen LogP contribution >= 0.6 is 25.4 Å². The number of carbonyl (C=O) groups excluding carboxylic acids is 2. The van der Waals surface area contributed by atoms with Crippen LogP contribution in [-0.4, -0.2) is 26.3 Å². The van der Waals surface area contributed by atoms with Gasteiger partial charge in [-0.15, -0.1) is 0 Å². The summed E-state index contributed by atoms with van der Waals surface area (Å²) in [6.45, 7) is 6.22. The number of hydrogen-bond acceptors (Lipinski definition) is 4. The summed E-state index contributed by atoms with van der Waals surface area (Å²) in [7, 11) is 0. The van der Waals surface area contributed by atoms with Crippen molar-refractivity contribution in [3.05, 3.63) is 23.7 Å². The van der Waals surface area contributed by atoms with Gasteiger partial charge in [-0.05, 0) is 0 Å². The van der Waals surface area contributed by atoms with Gasteiger partial charge in [-0.2, -0.15) is 0 Å². The Hall–Kier alpha value is 0.179. The Bertz CT molecular complexity index is 341. The van der Waals surface area contributed by atoms with Crippen LogP contribution in [0, 0.1) is 0 Å². The normalized spacial score (nSPS) is 13.3. The molecule has 0 saturated carbocycles. The molecule has 17 heavy (non-hydrogen) atoms. The molecule has 0 aliphatic rings. The summed E-state index contributed by atoms with van der Waals surface area (Å²) in [5, 5.41) is 0. The zero-order chi connectivity index (χ0) is 13.6. The van der Waals surface area contributed by atoms with Gasteiger partial charge in [-0.3, -0.25) is 0 Å². The van der Waals surface area contributed by atoms with Crippen LogP contribution in [0.5, 0.6) is 0 Å². The van der Waals surface area contributed by atoms with E-state index >= 15 is 0 Å². The molecule has 0 aromatic carbocycles. The van der Waals surface area contributed by atoms with Crippen LogP contribution in [-0.2, 0) is 15.7 Å². The maximum atomic E-state index is 10.8. The number of ketones is 2. The van der Waals surface area contributed by atoms with Crippen LogP contribution in [0.3, 0.4) is 0 Å². The van der Waals surface area contributed by atoms with Crippen molar-refractivity contribution >= 4 is 51.7 Å². The molecule has 96 valence electrons. The van der Waals surface area contributed by atoms with E-state index < -0.39 is 14.8 Å². The van der Waals surface area contributed by atoms with Gasteiger partial charge in [0.15, 0.2) is 0 Å². The second-order valence-corrected chi connectivity index (χ2v) is 28.4. The van der Waals surface area contributed by atoms with Crippen LogP contribution in [0.2, 0.25) is 0 Å². The third-order valence-electron chi connectivity index (χ3n) is 1.37. The summed E-state index contributed by atoms with van der Waals surface area (Å²) in [5.74, 6) is 0.747. The first-order valence-electron chi connectivity index (χ1n) is 4.76. The molecule has 7 heteroatoms. The van der Waals surface area contributed by atoms with E-state index in [1.165, 1.54) is 26.0 Å². The minimum absolute atomic E-state index is 0.0967. The van der Waals surface area contributed by atoms with Crippen LogP contribution in [0.25, 0.3) is 0 Å². The summed E-state index contributed by atoms with van der Waals surface area (Å²) in [5.41, 5.74) is 0. The fourth-order valence-corrected chi connectivity index (χ4v) is 10.5. The van der Waals surface area contributed by atoms with Gasteiger partial charge in [0.25, 0.3) is 0 Å². The predicted molar refractivity (Wildman–Crippen MR) is 74.7 cm³/mol. The molecule has 0 aromatic heterocycles. The zero-order valence-electron chi connectivity index (χ0n) is 10.0. The van der Waals surface area contributed by atoms with Crippen molar-refractivity contribution < 1.29 is 15.7 Å². The summed E-state index contributed by atoms with van der Waals surface area (Å²) < 4.78 is 11.0. The molecule has 0 aliphatic carbocycles. The first kappa shape index (κ1) is 17.2. The van der Waals surface area contributed by atoms with Gasteiger partial charge in [0.2, 0.25) is 0 Å². The molecule has 4 nitrogen and oxygen atoms in total. The van der Waals surface area contributed by atoms with Crippen molar-refractivity contribution in [3.63, 3.8) is 0 Å². The van der Waals surface area contributed by atoms with Crippen molar-refractivity contribution in [1.29, 1.82) is 0 Å². The average Bonchev–Trinajstić information content (AvgIpc) is 1.95. The number of halogens is 2. The second-order valence-electron chi connectivity index (χ2n) is 3.40. The average molecular weight is 477 g/mol. The van der Waals surface area contributed by atoms with Crippen molar-refractivity contribution in [1.82, 2.24) is 0 Å². The molecule has 0 aliphatic heterocycles. The molecular formula is C10H14Br2O4Sn. The van der Waals surface area contributed by atoms with Gasteiger partial charge in [-0.25, -0.2) is 0 Å². The number of carbonyl (C=O) groups is 2. The first-order chi connectivity index (χ1) is 7.62. The molecule has 0 atom stereocenters. The van der Waals surface area contributed by atoms with Gasteiger partial charge in [0.05, 0.1) is 0 Å². The molecule has 0 spiro atoms. The van der Waals surface area contributed by atoms with E-state index in [1.807, 2.05) is 0 Å². The molecule has 0 rings (SSSR count). The monoisotopic (exact) mass is 476 g/mol. The fourth-order valence-electron chi connectivity index (χ4n) is 1.03. The van der Waals surface area contributed by atoms with Gasteiger partial charge < -0.3 is 0 Å². The number of hydrogen-bond donors (Lipinski definition) is 0. The molecule has 0 heterocycles. The SMILES string of the molecule is CC(=O)C=C(C)[O][Sn]([Br])([Br])[O]/C(C)=C/C(C)=O. The third kappa shape index (κ3) is 9.84. The van der Waals surface area contributed by atoms with E-state index in [2.05, 4.69) is 25.4 Å². The van der Waals surface area contributed by atoms with E-state index in [9.17, 15) is 9.59 Å². The minimum atomic E-state index is -3.54. The maximum absolute atomic E-state index is 10.8. The molecule has 0 N–H and O–H groups in total. The topological polar surface area (TPSA) is 52.6 Å². The Labute approximate surface area is 118 Å². The Morgan fingerprint density at radius 2 is 1.18 bits per heavy atom. The van der Waals surface area contributed by atoms with Crippen molar-refractivity contribution in [2.75, 3.05) is 0 Å².